The molecule has 0 saturated heterocycles. The average Bonchev–Trinajstić information content (AvgIpc) is 3.37. The molecule has 168 valence electrons. The molecule has 0 unspecified atom stereocenters. The minimum absolute atomic E-state index is 0.0178. The predicted molar refractivity (Wildman–Crippen MR) is 128 cm³/mol. The highest BCUT2D eigenvalue weighted by Crippen LogP contribution is 2.47. The molecule has 33 heavy (non-hydrogen) atoms. The number of halogens is 2. The Balaban J connectivity index is 1.60. The highest BCUT2D eigenvalue weighted by molar-refractivity contribution is 7.17. The van der Waals surface area contributed by atoms with Crippen LogP contribution in [0, 0.1) is 24.5 Å². The molecule has 1 aromatic heterocycles. The lowest BCUT2D eigenvalue weighted by atomic mass is 9.77. The molecular formula is C26H23F2N3OS. The van der Waals surface area contributed by atoms with Gasteiger partial charge in [0.05, 0.1) is 22.3 Å². The second-order valence-electron chi connectivity index (χ2n) is 8.51. The maximum absolute atomic E-state index is 13.7. The molecular weight excluding hydrogens is 440 g/mol. The summed E-state index contributed by atoms with van der Waals surface area (Å²) in [7, 11) is 0. The maximum atomic E-state index is 13.7. The molecule has 0 bridgehead atoms. The fourth-order valence-corrected chi connectivity index (χ4v) is 5.67. The average molecular weight is 464 g/mol. The monoisotopic (exact) mass is 463 g/mol. The van der Waals surface area contributed by atoms with E-state index in [2.05, 4.69) is 11.1 Å². The number of rotatable bonds is 4. The fourth-order valence-electron chi connectivity index (χ4n) is 4.72. The van der Waals surface area contributed by atoms with E-state index in [1.165, 1.54) is 35.6 Å². The van der Waals surface area contributed by atoms with Gasteiger partial charge < -0.3 is 0 Å². The van der Waals surface area contributed by atoms with Crippen molar-refractivity contribution in [2.75, 3.05) is 5.01 Å². The topological polar surface area (TPSA) is 45.6 Å². The van der Waals surface area contributed by atoms with E-state index in [0.29, 0.717) is 15.7 Å². The van der Waals surface area contributed by atoms with Crippen molar-refractivity contribution in [1.82, 2.24) is 4.98 Å². The summed E-state index contributed by atoms with van der Waals surface area (Å²) in [5.74, 6) is -0.453. The van der Waals surface area contributed by atoms with Crippen LogP contribution in [0.5, 0.6) is 0 Å². The summed E-state index contributed by atoms with van der Waals surface area (Å²) in [5, 5.41) is 7.59. The molecule has 7 heteroatoms. The van der Waals surface area contributed by atoms with E-state index in [1.54, 1.807) is 31.2 Å². The summed E-state index contributed by atoms with van der Waals surface area (Å²) >= 11 is 1.34. The smallest absolute Gasteiger partial charge is 0.207 e. The summed E-state index contributed by atoms with van der Waals surface area (Å²) in [4.78, 5) is 17.3. The van der Waals surface area contributed by atoms with Crippen LogP contribution < -0.4 is 5.01 Å². The molecule has 2 heterocycles. The van der Waals surface area contributed by atoms with E-state index in [9.17, 15) is 13.6 Å². The summed E-state index contributed by atoms with van der Waals surface area (Å²) in [6.45, 7) is 3.38. The zero-order valence-electron chi connectivity index (χ0n) is 18.4. The SMILES string of the molecule is CC(=O)c1sc(N2N=C3/C(=C\c4ccc(F)cc4)CCC[C@@H]3[C@@H]2c2ccc(F)cc2)nc1C. The largest absolute Gasteiger partial charge is 0.294 e. The van der Waals surface area contributed by atoms with Gasteiger partial charge in [0.2, 0.25) is 5.13 Å². The first-order chi connectivity index (χ1) is 15.9. The zero-order chi connectivity index (χ0) is 23.1. The van der Waals surface area contributed by atoms with Crippen LogP contribution in [0.2, 0.25) is 0 Å². The van der Waals surface area contributed by atoms with Crippen molar-refractivity contribution in [2.45, 2.75) is 39.2 Å². The molecule has 2 aliphatic rings. The third-order valence-corrected chi connectivity index (χ3v) is 7.47. The Kier molecular flexibility index (Phi) is 5.66. The van der Waals surface area contributed by atoms with Crippen molar-refractivity contribution < 1.29 is 13.6 Å². The van der Waals surface area contributed by atoms with Gasteiger partial charge in [-0.15, -0.1) is 0 Å². The molecule has 0 N–H and O–H groups in total. The minimum Gasteiger partial charge on any atom is -0.294 e. The molecule has 1 saturated carbocycles. The molecule has 2 atom stereocenters. The highest BCUT2D eigenvalue weighted by atomic mass is 32.1. The number of carbonyl (C=O) groups excluding carboxylic acids is 1. The number of hydrazone groups is 1. The zero-order valence-corrected chi connectivity index (χ0v) is 19.2. The van der Waals surface area contributed by atoms with E-state index in [0.717, 1.165) is 41.7 Å². The van der Waals surface area contributed by atoms with Crippen LogP contribution in [0.3, 0.4) is 0 Å². The highest BCUT2D eigenvalue weighted by Gasteiger charge is 2.43. The van der Waals surface area contributed by atoms with Gasteiger partial charge in [0.15, 0.2) is 5.78 Å². The van der Waals surface area contributed by atoms with Gasteiger partial charge in [-0.25, -0.2) is 18.8 Å². The molecule has 0 spiro atoms. The second kappa shape index (κ2) is 8.63. The number of nitrogens with zero attached hydrogens (tertiary/aromatic N) is 3. The maximum Gasteiger partial charge on any atom is 0.207 e. The van der Waals surface area contributed by atoms with Gasteiger partial charge in [-0.3, -0.25) is 4.79 Å². The van der Waals surface area contributed by atoms with Crippen molar-refractivity contribution in [2.24, 2.45) is 11.0 Å². The van der Waals surface area contributed by atoms with Crippen molar-refractivity contribution in [3.63, 3.8) is 0 Å². The predicted octanol–water partition coefficient (Wildman–Crippen LogP) is 6.73. The van der Waals surface area contributed by atoms with E-state index in [-0.39, 0.29) is 29.4 Å². The number of fused-ring (bicyclic) bond motifs is 1. The first kappa shape index (κ1) is 21.6. The van der Waals surface area contributed by atoms with Crippen molar-refractivity contribution in [3.8, 4) is 0 Å². The lowest BCUT2D eigenvalue weighted by Crippen LogP contribution is -2.28. The molecule has 4 nitrogen and oxygen atoms in total. The fraction of sp³-hybridized carbons (Fsp3) is 0.269. The molecule has 5 rings (SSSR count). The number of allylic oxidation sites excluding steroid dienone is 1. The first-order valence-corrected chi connectivity index (χ1v) is 11.8. The number of benzene rings is 2. The van der Waals surface area contributed by atoms with E-state index < -0.39 is 0 Å². The van der Waals surface area contributed by atoms with Crippen LogP contribution in [0.4, 0.5) is 13.9 Å². The standard InChI is InChI=1S/C26H23F2N3OS/c1-15-25(16(2)32)33-26(29-15)31-24(18-8-12-21(28)13-9-18)22-5-3-4-19(23(22)30-31)14-17-6-10-20(27)11-7-17/h6-14,22,24H,3-5H2,1-2H3/b19-14-/t22-,24-/m0/s1. The summed E-state index contributed by atoms with van der Waals surface area (Å²) in [6, 6.07) is 12.8. The number of thiazole rings is 1. The number of Topliss-reactive ketones (excluding diaryl/α,β-unsaturated/α-hetero) is 1. The third-order valence-electron chi connectivity index (χ3n) is 6.23. The summed E-state index contributed by atoms with van der Waals surface area (Å²) in [5.41, 5.74) is 4.68. The van der Waals surface area contributed by atoms with Gasteiger partial charge in [-0.2, -0.15) is 5.10 Å². The summed E-state index contributed by atoms with van der Waals surface area (Å²) < 4.78 is 27.0. The van der Waals surface area contributed by atoms with Crippen LogP contribution in [0.1, 0.15) is 58.7 Å². The van der Waals surface area contributed by atoms with Crippen LogP contribution in [-0.4, -0.2) is 16.5 Å². The molecule has 1 fully saturated rings. The van der Waals surface area contributed by atoms with E-state index in [4.69, 9.17) is 5.10 Å². The van der Waals surface area contributed by atoms with Crippen LogP contribution in [0.25, 0.3) is 6.08 Å². The van der Waals surface area contributed by atoms with Crippen molar-refractivity contribution >= 4 is 34.0 Å². The van der Waals surface area contributed by atoms with Gasteiger partial charge in [0.25, 0.3) is 0 Å². The number of hydrogen-bond acceptors (Lipinski definition) is 5. The van der Waals surface area contributed by atoms with Crippen molar-refractivity contribution in [3.05, 3.63) is 87.4 Å². The Morgan fingerprint density at radius 2 is 1.76 bits per heavy atom. The Morgan fingerprint density at radius 3 is 2.39 bits per heavy atom. The Labute approximate surface area is 195 Å². The lowest BCUT2D eigenvalue weighted by molar-refractivity contribution is 0.102. The number of ketones is 1. The Bertz CT molecular complexity index is 1260. The van der Waals surface area contributed by atoms with Gasteiger partial charge in [0, 0.05) is 12.8 Å². The van der Waals surface area contributed by atoms with Gasteiger partial charge in [-0.1, -0.05) is 35.6 Å². The second-order valence-corrected chi connectivity index (χ2v) is 9.49. The third kappa shape index (κ3) is 4.13. The lowest BCUT2D eigenvalue weighted by Gasteiger charge is -2.29. The van der Waals surface area contributed by atoms with Gasteiger partial charge in [0.1, 0.15) is 11.6 Å². The van der Waals surface area contributed by atoms with E-state index in [1.807, 2.05) is 11.9 Å². The van der Waals surface area contributed by atoms with Gasteiger partial charge in [-0.05, 0) is 73.2 Å². The number of aryl methyl sites for hydroxylation is 1. The summed E-state index contributed by atoms with van der Waals surface area (Å²) in [6.07, 6.45) is 4.90. The van der Waals surface area contributed by atoms with Crippen LogP contribution in [-0.2, 0) is 0 Å². The number of aromatic nitrogens is 1. The van der Waals surface area contributed by atoms with Crippen LogP contribution in [0.15, 0.2) is 59.2 Å². The Morgan fingerprint density at radius 1 is 1.09 bits per heavy atom. The molecule has 0 radical (unpaired) electrons. The number of carbonyl (C=O) groups is 1. The normalized spacial score (nSPS) is 21.3. The molecule has 3 aromatic rings. The molecule has 0 amide bonds. The van der Waals surface area contributed by atoms with Crippen LogP contribution >= 0.6 is 11.3 Å². The van der Waals surface area contributed by atoms with Gasteiger partial charge >= 0.3 is 0 Å². The molecule has 1 aliphatic heterocycles. The minimum atomic E-state index is -0.283. The molecule has 2 aromatic carbocycles. The number of hydrogen-bond donors (Lipinski definition) is 0. The van der Waals surface area contributed by atoms with Crippen molar-refractivity contribution in [1.29, 1.82) is 0 Å². The number of anilines is 1. The van der Waals surface area contributed by atoms with E-state index >= 15 is 0 Å². The quantitative estimate of drug-likeness (QED) is 0.403. The molecule has 1 aliphatic carbocycles. The Hall–Kier alpha value is -3.19. The first-order valence-electron chi connectivity index (χ1n) is 11.0.